The van der Waals surface area contributed by atoms with Crippen LogP contribution in [0.25, 0.3) is 10.8 Å². The predicted octanol–water partition coefficient (Wildman–Crippen LogP) is 3.84. The zero-order valence-electron chi connectivity index (χ0n) is 18.5. The van der Waals surface area contributed by atoms with Crippen LogP contribution in [0.15, 0.2) is 102 Å². The van der Waals surface area contributed by atoms with Crippen LogP contribution < -0.4 is 5.56 Å². The highest BCUT2D eigenvalue weighted by molar-refractivity contribution is 5.84. The quantitative estimate of drug-likeness (QED) is 0.526. The van der Waals surface area contributed by atoms with E-state index in [-0.39, 0.29) is 18.0 Å². The van der Waals surface area contributed by atoms with Gasteiger partial charge in [0.15, 0.2) is 0 Å². The van der Waals surface area contributed by atoms with E-state index in [1.54, 1.807) is 35.5 Å². The van der Waals surface area contributed by atoms with Gasteiger partial charge in [0.1, 0.15) is 6.54 Å². The van der Waals surface area contributed by atoms with Gasteiger partial charge in [0, 0.05) is 37.3 Å². The molecule has 0 atom stereocenters. The highest BCUT2D eigenvalue weighted by Crippen LogP contribution is 2.21. The number of hydrogen-bond acceptors (Lipinski definition) is 4. The molecule has 1 amide bonds. The van der Waals surface area contributed by atoms with Crippen LogP contribution in [0.3, 0.4) is 0 Å². The summed E-state index contributed by atoms with van der Waals surface area (Å²) < 4.78 is 1.30. The van der Waals surface area contributed by atoms with E-state index in [1.807, 2.05) is 42.5 Å². The number of rotatable bonds is 7. The SMILES string of the molecule is C=C/C=C(\C=C)C1=CCN(C(=O)Cn2nc(Cc3ccncc3)c3ccccc3c2=O)CC1. The first-order chi connectivity index (χ1) is 16.1. The first-order valence-electron chi connectivity index (χ1n) is 10.9. The van der Waals surface area contributed by atoms with Crippen LogP contribution in [-0.2, 0) is 17.8 Å². The average Bonchev–Trinajstić information content (AvgIpc) is 2.86. The molecule has 0 saturated carbocycles. The molecule has 3 heterocycles. The number of benzene rings is 1. The van der Waals surface area contributed by atoms with Gasteiger partial charge in [-0.15, -0.1) is 0 Å². The molecular weight excluding hydrogens is 412 g/mol. The lowest BCUT2D eigenvalue weighted by molar-refractivity contribution is -0.131. The van der Waals surface area contributed by atoms with Crippen molar-refractivity contribution < 1.29 is 4.79 Å². The van der Waals surface area contributed by atoms with E-state index in [4.69, 9.17) is 0 Å². The minimum Gasteiger partial charge on any atom is -0.337 e. The summed E-state index contributed by atoms with van der Waals surface area (Å²) in [5.74, 6) is -0.127. The summed E-state index contributed by atoms with van der Waals surface area (Å²) in [5.41, 5.74) is 3.71. The Morgan fingerprint density at radius 2 is 1.85 bits per heavy atom. The van der Waals surface area contributed by atoms with Gasteiger partial charge >= 0.3 is 0 Å². The molecule has 0 aliphatic carbocycles. The van der Waals surface area contributed by atoms with Gasteiger partial charge in [-0.1, -0.05) is 55.7 Å². The first kappa shape index (κ1) is 22.1. The number of aromatic nitrogens is 3. The summed E-state index contributed by atoms with van der Waals surface area (Å²) in [4.78, 5) is 31.9. The number of carbonyl (C=O) groups excluding carboxylic acids is 1. The van der Waals surface area contributed by atoms with Gasteiger partial charge in [0.2, 0.25) is 5.91 Å². The van der Waals surface area contributed by atoms with Crippen molar-refractivity contribution in [2.45, 2.75) is 19.4 Å². The zero-order valence-corrected chi connectivity index (χ0v) is 18.5. The van der Waals surface area contributed by atoms with Crippen molar-refractivity contribution in [3.8, 4) is 0 Å². The third kappa shape index (κ3) is 4.90. The number of amides is 1. The second-order valence-electron chi connectivity index (χ2n) is 7.87. The molecule has 1 aromatic carbocycles. The molecule has 0 unspecified atom stereocenters. The van der Waals surface area contributed by atoms with Gasteiger partial charge < -0.3 is 4.90 Å². The summed E-state index contributed by atoms with van der Waals surface area (Å²) in [7, 11) is 0. The Labute approximate surface area is 192 Å². The van der Waals surface area contributed by atoms with E-state index >= 15 is 0 Å². The summed E-state index contributed by atoms with van der Waals surface area (Å²) in [6, 6.07) is 11.3. The van der Waals surface area contributed by atoms with Gasteiger partial charge in [-0.05, 0) is 41.3 Å². The van der Waals surface area contributed by atoms with E-state index in [9.17, 15) is 9.59 Å². The first-order valence-corrected chi connectivity index (χ1v) is 10.9. The Balaban J connectivity index is 1.59. The molecule has 166 valence electrons. The molecule has 0 bridgehead atoms. The van der Waals surface area contributed by atoms with Crippen molar-refractivity contribution >= 4 is 16.7 Å². The van der Waals surface area contributed by atoms with Crippen molar-refractivity contribution in [1.82, 2.24) is 19.7 Å². The molecule has 6 nitrogen and oxygen atoms in total. The Morgan fingerprint density at radius 3 is 2.52 bits per heavy atom. The van der Waals surface area contributed by atoms with E-state index in [0.717, 1.165) is 34.2 Å². The molecule has 2 aromatic heterocycles. The van der Waals surface area contributed by atoms with Crippen molar-refractivity contribution in [1.29, 1.82) is 0 Å². The van der Waals surface area contributed by atoms with Crippen LogP contribution in [-0.4, -0.2) is 38.7 Å². The van der Waals surface area contributed by atoms with Crippen molar-refractivity contribution in [3.63, 3.8) is 0 Å². The predicted molar refractivity (Wildman–Crippen MR) is 131 cm³/mol. The van der Waals surface area contributed by atoms with E-state index in [0.29, 0.717) is 24.9 Å². The number of nitrogens with zero attached hydrogens (tertiary/aromatic N) is 4. The van der Waals surface area contributed by atoms with Gasteiger partial charge in [-0.25, -0.2) is 4.68 Å². The van der Waals surface area contributed by atoms with E-state index < -0.39 is 0 Å². The number of fused-ring (bicyclic) bond motifs is 1. The standard InChI is InChI=1S/C27H26N4O2/c1-3-7-21(4-2)22-12-16-30(17-13-22)26(32)19-31-27(33)24-9-6-5-8-23(24)25(29-31)18-20-10-14-28-15-11-20/h3-12,14-15H,1-2,13,16-19H2/b21-7+. The molecule has 1 aliphatic rings. The smallest absolute Gasteiger partial charge is 0.275 e. The summed E-state index contributed by atoms with van der Waals surface area (Å²) in [6.07, 6.45) is 12.2. The van der Waals surface area contributed by atoms with Gasteiger partial charge in [-0.3, -0.25) is 14.6 Å². The Hall–Kier alpha value is -4.06. The van der Waals surface area contributed by atoms with Gasteiger partial charge in [0.05, 0.1) is 11.1 Å². The van der Waals surface area contributed by atoms with Crippen molar-refractivity contribution in [3.05, 3.63) is 119 Å². The lowest BCUT2D eigenvalue weighted by atomic mass is 9.99. The molecule has 0 fully saturated rings. The van der Waals surface area contributed by atoms with Gasteiger partial charge in [0.25, 0.3) is 5.56 Å². The molecule has 0 N–H and O–H groups in total. The second-order valence-corrected chi connectivity index (χ2v) is 7.87. The lowest BCUT2D eigenvalue weighted by Gasteiger charge is -2.27. The third-order valence-electron chi connectivity index (χ3n) is 5.80. The topological polar surface area (TPSA) is 68.1 Å². The molecule has 6 heteroatoms. The number of pyridine rings is 1. The minimum atomic E-state index is -0.256. The fourth-order valence-electron chi connectivity index (χ4n) is 4.06. The molecule has 0 saturated heterocycles. The van der Waals surface area contributed by atoms with Gasteiger partial charge in [-0.2, -0.15) is 5.10 Å². The Kier molecular flexibility index (Phi) is 6.74. The molecule has 3 aromatic rings. The molecule has 0 spiro atoms. The highest BCUT2D eigenvalue weighted by atomic mass is 16.2. The van der Waals surface area contributed by atoms with Crippen LogP contribution >= 0.6 is 0 Å². The number of allylic oxidation sites excluding steroid dienone is 4. The van der Waals surface area contributed by atoms with Crippen molar-refractivity contribution in [2.24, 2.45) is 0 Å². The van der Waals surface area contributed by atoms with Crippen LogP contribution in [0.2, 0.25) is 0 Å². The molecule has 0 radical (unpaired) electrons. The fourth-order valence-corrected chi connectivity index (χ4v) is 4.06. The number of hydrogen-bond donors (Lipinski definition) is 0. The summed E-state index contributed by atoms with van der Waals surface area (Å²) in [5, 5.41) is 5.97. The normalized spacial score (nSPS) is 14.1. The zero-order chi connectivity index (χ0) is 23.2. The second kappa shape index (κ2) is 10.0. The van der Waals surface area contributed by atoms with Crippen LogP contribution in [0.5, 0.6) is 0 Å². The van der Waals surface area contributed by atoms with Crippen molar-refractivity contribution in [2.75, 3.05) is 13.1 Å². The lowest BCUT2D eigenvalue weighted by Crippen LogP contribution is -2.40. The monoisotopic (exact) mass is 438 g/mol. The van der Waals surface area contributed by atoms with E-state index in [2.05, 4.69) is 23.2 Å². The largest absolute Gasteiger partial charge is 0.337 e. The van der Waals surface area contributed by atoms with E-state index in [1.165, 1.54) is 4.68 Å². The minimum absolute atomic E-state index is 0.0903. The average molecular weight is 439 g/mol. The van der Waals surface area contributed by atoms with Crippen LogP contribution in [0.4, 0.5) is 0 Å². The molecular formula is C27H26N4O2. The fraction of sp³-hybridized carbons (Fsp3) is 0.185. The summed E-state index contributed by atoms with van der Waals surface area (Å²) in [6.45, 7) is 8.57. The highest BCUT2D eigenvalue weighted by Gasteiger charge is 2.20. The number of carbonyl (C=O) groups is 1. The maximum Gasteiger partial charge on any atom is 0.275 e. The molecule has 1 aliphatic heterocycles. The maximum atomic E-state index is 13.1. The Bertz CT molecular complexity index is 1320. The Morgan fingerprint density at radius 1 is 1.09 bits per heavy atom. The molecule has 33 heavy (non-hydrogen) atoms. The van der Waals surface area contributed by atoms with Crippen LogP contribution in [0, 0.1) is 0 Å². The van der Waals surface area contributed by atoms with Crippen LogP contribution in [0.1, 0.15) is 17.7 Å². The molecule has 4 rings (SSSR count). The summed E-state index contributed by atoms with van der Waals surface area (Å²) >= 11 is 0. The third-order valence-corrected chi connectivity index (χ3v) is 5.80. The maximum absolute atomic E-state index is 13.1.